The summed E-state index contributed by atoms with van der Waals surface area (Å²) in [5, 5.41) is 12.6. The molecule has 150 valence electrons. The number of nitrogens with one attached hydrogen (secondary N) is 1. The van der Waals surface area contributed by atoms with E-state index in [1.54, 1.807) is 7.11 Å². The molecule has 28 heavy (non-hydrogen) atoms. The van der Waals surface area contributed by atoms with Crippen molar-refractivity contribution in [2.24, 2.45) is 5.92 Å². The van der Waals surface area contributed by atoms with Crippen molar-refractivity contribution < 1.29 is 14.6 Å². The zero-order valence-electron chi connectivity index (χ0n) is 16.8. The van der Waals surface area contributed by atoms with Crippen molar-refractivity contribution >= 4 is 5.91 Å². The number of hydrogen-bond donors (Lipinski definition) is 2. The number of hydrogen-bond acceptors (Lipinski definition) is 4. The smallest absolute Gasteiger partial charge is 0.251 e. The summed E-state index contributed by atoms with van der Waals surface area (Å²) in [6, 6.07) is 13.3. The number of likely N-dealkylation sites (tertiary alicyclic amines) is 1. The summed E-state index contributed by atoms with van der Waals surface area (Å²) in [5.41, 5.74) is 3.40. The van der Waals surface area contributed by atoms with Crippen LogP contribution < -0.4 is 10.1 Å². The van der Waals surface area contributed by atoms with Crippen LogP contribution in [0.15, 0.2) is 42.5 Å². The number of carbonyl (C=O) groups is 1. The lowest BCUT2D eigenvalue weighted by molar-refractivity contribution is 0.0933. The van der Waals surface area contributed by atoms with Gasteiger partial charge in [0.2, 0.25) is 0 Å². The first-order chi connectivity index (χ1) is 13.6. The molecule has 2 N–H and O–H groups in total. The molecule has 2 aromatic carbocycles. The number of rotatable bonds is 7. The number of amides is 1. The molecule has 1 fully saturated rings. The Morgan fingerprint density at radius 1 is 1.21 bits per heavy atom. The molecule has 3 rings (SSSR count). The van der Waals surface area contributed by atoms with Crippen LogP contribution >= 0.6 is 0 Å². The summed E-state index contributed by atoms with van der Waals surface area (Å²) in [4.78, 5) is 14.9. The summed E-state index contributed by atoms with van der Waals surface area (Å²) >= 11 is 0. The molecule has 5 heteroatoms. The molecular formula is C23H30N2O3. The maximum Gasteiger partial charge on any atom is 0.251 e. The van der Waals surface area contributed by atoms with E-state index in [0.29, 0.717) is 17.2 Å². The minimum atomic E-state index is -0.0753. The highest BCUT2D eigenvalue weighted by molar-refractivity contribution is 5.94. The molecular weight excluding hydrogens is 352 g/mol. The van der Waals surface area contributed by atoms with Crippen molar-refractivity contribution in [2.75, 3.05) is 33.3 Å². The Hall–Kier alpha value is -2.37. The Morgan fingerprint density at radius 3 is 2.64 bits per heavy atom. The van der Waals surface area contributed by atoms with Crippen LogP contribution in [0.5, 0.6) is 5.75 Å². The molecule has 1 aliphatic heterocycles. The first-order valence-electron chi connectivity index (χ1n) is 10.0. The SMILES string of the molecule is CCN1CCC[C@H](CNC(=O)c2ccc(-c3ccc(OC)c(CO)c3)cc2)C1. The van der Waals surface area contributed by atoms with Gasteiger partial charge in [-0.2, -0.15) is 0 Å². The van der Waals surface area contributed by atoms with Crippen LogP contribution in [0.3, 0.4) is 0 Å². The van der Waals surface area contributed by atoms with Gasteiger partial charge < -0.3 is 20.1 Å². The standard InChI is InChI=1S/C23H30N2O3/c1-3-25-12-4-5-17(15-25)14-24-23(27)19-8-6-18(7-9-19)20-10-11-22(28-2)21(13-20)16-26/h6-11,13,17,26H,3-5,12,14-16H2,1-2H3,(H,24,27)/t17-/m1/s1. The van der Waals surface area contributed by atoms with Crippen LogP contribution in [0.4, 0.5) is 0 Å². The lowest BCUT2D eigenvalue weighted by Gasteiger charge is -2.31. The molecule has 0 aliphatic carbocycles. The van der Waals surface area contributed by atoms with Crippen LogP contribution in [0.1, 0.15) is 35.7 Å². The quantitative estimate of drug-likeness (QED) is 0.771. The van der Waals surface area contributed by atoms with Crippen LogP contribution in [0.25, 0.3) is 11.1 Å². The molecule has 2 aromatic rings. The summed E-state index contributed by atoms with van der Waals surface area (Å²) < 4.78 is 5.25. The van der Waals surface area contributed by atoms with Crippen molar-refractivity contribution in [3.05, 3.63) is 53.6 Å². The third-order valence-electron chi connectivity index (χ3n) is 5.53. The molecule has 0 bridgehead atoms. The van der Waals surface area contributed by atoms with Gasteiger partial charge in [-0.1, -0.05) is 25.1 Å². The first kappa shape index (κ1) is 20.4. The normalized spacial score (nSPS) is 17.3. The topological polar surface area (TPSA) is 61.8 Å². The zero-order chi connectivity index (χ0) is 19.9. The molecule has 0 radical (unpaired) electrons. The predicted molar refractivity (Wildman–Crippen MR) is 112 cm³/mol. The number of ether oxygens (including phenoxy) is 1. The van der Waals surface area contributed by atoms with Gasteiger partial charge in [-0.25, -0.2) is 0 Å². The van der Waals surface area contributed by atoms with E-state index in [9.17, 15) is 9.90 Å². The lowest BCUT2D eigenvalue weighted by Crippen LogP contribution is -2.40. The fourth-order valence-corrected chi connectivity index (χ4v) is 3.84. The third kappa shape index (κ3) is 4.91. The lowest BCUT2D eigenvalue weighted by atomic mass is 9.97. The number of nitrogens with zero attached hydrogens (tertiary/aromatic N) is 1. The van der Waals surface area contributed by atoms with Crippen molar-refractivity contribution in [3.8, 4) is 16.9 Å². The Bertz CT molecular complexity index is 789. The van der Waals surface area contributed by atoms with E-state index >= 15 is 0 Å². The third-order valence-corrected chi connectivity index (χ3v) is 5.53. The van der Waals surface area contributed by atoms with Crippen LogP contribution in [0, 0.1) is 5.92 Å². The summed E-state index contributed by atoms with van der Waals surface area (Å²) in [6.07, 6.45) is 2.39. The minimum Gasteiger partial charge on any atom is -0.496 e. The van der Waals surface area contributed by atoms with Crippen molar-refractivity contribution in [1.29, 1.82) is 0 Å². The second-order valence-electron chi connectivity index (χ2n) is 7.37. The average molecular weight is 383 g/mol. The minimum absolute atomic E-state index is 0.0223. The fourth-order valence-electron chi connectivity index (χ4n) is 3.84. The molecule has 0 aromatic heterocycles. The van der Waals surface area contributed by atoms with Gasteiger partial charge in [0, 0.05) is 24.2 Å². The number of benzene rings is 2. The summed E-state index contributed by atoms with van der Waals surface area (Å²) in [6.45, 7) is 6.17. The number of methoxy groups -OCH3 is 1. The largest absolute Gasteiger partial charge is 0.496 e. The number of aliphatic hydroxyl groups is 1. The monoisotopic (exact) mass is 382 g/mol. The molecule has 1 saturated heterocycles. The highest BCUT2D eigenvalue weighted by atomic mass is 16.5. The zero-order valence-corrected chi connectivity index (χ0v) is 16.8. The van der Waals surface area contributed by atoms with Crippen LogP contribution in [-0.4, -0.2) is 49.2 Å². The summed E-state index contributed by atoms with van der Waals surface area (Å²) in [5.74, 6) is 1.19. The van der Waals surface area contributed by atoms with Gasteiger partial charge in [0.05, 0.1) is 13.7 Å². The van der Waals surface area contributed by atoms with Gasteiger partial charge in [0.15, 0.2) is 0 Å². The maximum atomic E-state index is 12.5. The van der Waals surface area contributed by atoms with E-state index in [2.05, 4.69) is 17.1 Å². The molecule has 0 saturated carbocycles. The van der Waals surface area contributed by atoms with E-state index < -0.39 is 0 Å². The second-order valence-corrected chi connectivity index (χ2v) is 7.37. The molecule has 0 unspecified atom stereocenters. The summed E-state index contributed by atoms with van der Waals surface area (Å²) in [7, 11) is 1.59. The van der Waals surface area contributed by atoms with Gasteiger partial charge in [-0.15, -0.1) is 0 Å². The van der Waals surface area contributed by atoms with Gasteiger partial charge in [0.1, 0.15) is 5.75 Å². The van der Waals surface area contributed by atoms with E-state index in [1.165, 1.54) is 19.4 Å². The Balaban J connectivity index is 1.61. The number of aliphatic hydroxyl groups excluding tert-OH is 1. The molecule has 1 amide bonds. The Labute approximate surface area is 167 Å². The van der Waals surface area contributed by atoms with Gasteiger partial charge in [-0.05, 0) is 67.2 Å². The van der Waals surface area contributed by atoms with Crippen LogP contribution in [-0.2, 0) is 6.61 Å². The van der Waals surface area contributed by atoms with Crippen molar-refractivity contribution in [2.45, 2.75) is 26.4 Å². The number of carbonyl (C=O) groups excluding carboxylic acids is 1. The molecule has 0 spiro atoms. The van der Waals surface area contributed by atoms with Crippen molar-refractivity contribution in [3.63, 3.8) is 0 Å². The van der Waals surface area contributed by atoms with Crippen LogP contribution in [0.2, 0.25) is 0 Å². The molecule has 1 aliphatic rings. The molecule has 1 atom stereocenters. The Morgan fingerprint density at radius 2 is 1.96 bits per heavy atom. The van der Waals surface area contributed by atoms with Gasteiger partial charge in [0.25, 0.3) is 5.91 Å². The predicted octanol–water partition coefficient (Wildman–Crippen LogP) is 3.32. The highest BCUT2D eigenvalue weighted by Crippen LogP contribution is 2.27. The fraction of sp³-hybridized carbons (Fsp3) is 0.435. The average Bonchev–Trinajstić information content (AvgIpc) is 2.77. The van der Waals surface area contributed by atoms with E-state index in [1.807, 2.05) is 42.5 Å². The molecule has 5 nitrogen and oxygen atoms in total. The maximum absolute atomic E-state index is 12.5. The first-order valence-corrected chi connectivity index (χ1v) is 10.0. The molecule has 1 heterocycles. The Kier molecular flexibility index (Phi) is 7.06. The van der Waals surface area contributed by atoms with E-state index in [0.717, 1.165) is 36.3 Å². The van der Waals surface area contributed by atoms with Gasteiger partial charge >= 0.3 is 0 Å². The van der Waals surface area contributed by atoms with E-state index in [4.69, 9.17) is 4.74 Å². The van der Waals surface area contributed by atoms with E-state index in [-0.39, 0.29) is 12.5 Å². The van der Waals surface area contributed by atoms with Crippen molar-refractivity contribution in [1.82, 2.24) is 10.2 Å². The highest BCUT2D eigenvalue weighted by Gasteiger charge is 2.19. The second kappa shape index (κ2) is 9.71. The van der Waals surface area contributed by atoms with Gasteiger partial charge in [-0.3, -0.25) is 4.79 Å². The number of piperidine rings is 1.